The topological polar surface area (TPSA) is 50.4 Å². The first-order valence-electron chi connectivity index (χ1n) is 5.77. The van der Waals surface area contributed by atoms with E-state index in [1.807, 2.05) is 31.3 Å². The lowest BCUT2D eigenvalue weighted by atomic mass is 10.2. The van der Waals surface area contributed by atoms with Crippen molar-refractivity contribution in [3.05, 3.63) is 24.3 Å². The molecule has 0 aliphatic carbocycles. The van der Waals surface area contributed by atoms with Crippen molar-refractivity contribution < 1.29 is 9.53 Å². The van der Waals surface area contributed by atoms with Crippen molar-refractivity contribution in [2.45, 2.75) is 13.8 Å². The van der Waals surface area contributed by atoms with E-state index in [2.05, 4.69) is 17.6 Å². The molecule has 0 bridgehead atoms. The number of carbonyl (C=O) groups is 1. The molecule has 1 amide bonds. The van der Waals surface area contributed by atoms with Gasteiger partial charge in [0.2, 0.25) is 5.91 Å². The molecule has 1 atom stereocenters. The zero-order chi connectivity index (χ0) is 12.7. The van der Waals surface area contributed by atoms with Gasteiger partial charge in [-0.15, -0.1) is 0 Å². The van der Waals surface area contributed by atoms with Crippen molar-refractivity contribution in [1.82, 2.24) is 5.32 Å². The molecule has 0 aliphatic rings. The normalized spacial score (nSPS) is 11.9. The first-order chi connectivity index (χ1) is 8.11. The Morgan fingerprint density at radius 1 is 1.35 bits per heavy atom. The molecule has 17 heavy (non-hydrogen) atoms. The van der Waals surface area contributed by atoms with E-state index in [0.717, 1.165) is 18.0 Å². The molecule has 0 fully saturated rings. The Bertz CT molecular complexity index is 349. The second-order valence-electron chi connectivity index (χ2n) is 4.18. The third-order valence-corrected chi connectivity index (χ3v) is 2.26. The predicted molar refractivity (Wildman–Crippen MR) is 69.3 cm³/mol. The monoisotopic (exact) mass is 236 g/mol. The van der Waals surface area contributed by atoms with Crippen molar-refractivity contribution >= 4 is 11.6 Å². The Morgan fingerprint density at radius 3 is 2.53 bits per heavy atom. The maximum Gasteiger partial charge on any atom is 0.221 e. The van der Waals surface area contributed by atoms with Gasteiger partial charge in [0.15, 0.2) is 0 Å². The first kappa shape index (κ1) is 13.5. The molecule has 4 heteroatoms. The van der Waals surface area contributed by atoms with E-state index in [-0.39, 0.29) is 5.91 Å². The van der Waals surface area contributed by atoms with E-state index in [1.165, 1.54) is 6.92 Å². The van der Waals surface area contributed by atoms with Crippen LogP contribution in [0.2, 0.25) is 0 Å². The highest BCUT2D eigenvalue weighted by molar-refractivity contribution is 5.88. The van der Waals surface area contributed by atoms with E-state index in [1.54, 1.807) is 0 Å². The number of rotatable bonds is 6. The van der Waals surface area contributed by atoms with Crippen molar-refractivity contribution in [3.8, 4) is 5.75 Å². The van der Waals surface area contributed by atoms with Crippen LogP contribution in [-0.4, -0.2) is 26.1 Å². The minimum Gasteiger partial charge on any atom is -0.493 e. The molecule has 0 saturated heterocycles. The van der Waals surface area contributed by atoms with Crippen molar-refractivity contribution in [2.24, 2.45) is 5.92 Å². The average molecular weight is 236 g/mol. The van der Waals surface area contributed by atoms with Crippen molar-refractivity contribution in [3.63, 3.8) is 0 Å². The third-order valence-electron chi connectivity index (χ3n) is 2.26. The zero-order valence-electron chi connectivity index (χ0n) is 10.6. The summed E-state index contributed by atoms with van der Waals surface area (Å²) in [5, 5.41) is 5.82. The molecule has 1 aromatic carbocycles. The quantitative estimate of drug-likeness (QED) is 0.793. The number of hydrogen-bond acceptors (Lipinski definition) is 3. The Morgan fingerprint density at radius 2 is 2.00 bits per heavy atom. The van der Waals surface area contributed by atoms with Crippen LogP contribution in [0.3, 0.4) is 0 Å². The van der Waals surface area contributed by atoms with Crippen LogP contribution in [0.15, 0.2) is 24.3 Å². The van der Waals surface area contributed by atoms with Gasteiger partial charge in [-0.1, -0.05) is 6.92 Å². The summed E-state index contributed by atoms with van der Waals surface area (Å²) in [6, 6.07) is 7.38. The molecule has 0 heterocycles. The lowest BCUT2D eigenvalue weighted by Crippen LogP contribution is -2.21. The lowest BCUT2D eigenvalue weighted by Gasteiger charge is -2.12. The van der Waals surface area contributed by atoms with Crippen LogP contribution in [0, 0.1) is 5.92 Å². The maximum absolute atomic E-state index is 10.8. The Labute approximate surface area is 102 Å². The molecule has 94 valence electrons. The SMILES string of the molecule is CNCC(C)COc1ccc(NC(C)=O)cc1. The van der Waals surface area contributed by atoms with Crippen LogP contribution in [0.4, 0.5) is 5.69 Å². The third kappa shape index (κ3) is 5.36. The summed E-state index contributed by atoms with van der Waals surface area (Å²) in [5.74, 6) is 1.22. The Balaban J connectivity index is 2.42. The predicted octanol–water partition coefficient (Wildman–Crippen LogP) is 1.88. The number of carbonyl (C=O) groups excluding carboxylic acids is 1. The van der Waals surface area contributed by atoms with Gasteiger partial charge in [-0.3, -0.25) is 4.79 Å². The van der Waals surface area contributed by atoms with Gasteiger partial charge in [-0.05, 0) is 31.3 Å². The molecular weight excluding hydrogens is 216 g/mol. The fourth-order valence-electron chi connectivity index (χ4n) is 1.48. The van der Waals surface area contributed by atoms with Crippen molar-refractivity contribution in [2.75, 3.05) is 25.5 Å². The average Bonchev–Trinajstić information content (AvgIpc) is 2.28. The summed E-state index contributed by atoms with van der Waals surface area (Å²) in [5.41, 5.74) is 0.785. The highest BCUT2D eigenvalue weighted by atomic mass is 16.5. The lowest BCUT2D eigenvalue weighted by molar-refractivity contribution is -0.114. The highest BCUT2D eigenvalue weighted by Crippen LogP contribution is 2.16. The fourth-order valence-corrected chi connectivity index (χ4v) is 1.48. The summed E-state index contributed by atoms with van der Waals surface area (Å²) in [6.07, 6.45) is 0. The Hall–Kier alpha value is -1.55. The summed E-state index contributed by atoms with van der Waals surface area (Å²) < 4.78 is 5.63. The summed E-state index contributed by atoms with van der Waals surface area (Å²) in [6.45, 7) is 5.23. The van der Waals surface area contributed by atoms with Crippen LogP contribution in [0.1, 0.15) is 13.8 Å². The van der Waals surface area contributed by atoms with E-state index in [4.69, 9.17) is 4.74 Å². The van der Waals surface area contributed by atoms with Gasteiger partial charge in [-0.2, -0.15) is 0 Å². The van der Waals surface area contributed by atoms with Crippen LogP contribution >= 0.6 is 0 Å². The van der Waals surface area contributed by atoms with E-state index < -0.39 is 0 Å². The van der Waals surface area contributed by atoms with Gasteiger partial charge in [-0.25, -0.2) is 0 Å². The van der Waals surface area contributed by atoms with Crippen LogP contribution in [0.5, 0.6) is 5.75 Å². The van der Waals surface area contributed by atoms with E-state index >= 15 is 0 Å². The minimum absolute atomic E-state index is 0.0682. The molecule has 0 spiro atoms. The molecule has 0 aromatic heterocycles. The fraction of sp³-hybridized carbons (Fsp3) is 0.462. The van der Waals surface area contributed by atoms with E-state index in [0.29, 0.717) is 12.5 Å². The van der Waals surface area contributed by atoms with Gasteiger partial charge < -0.3 is 15.4 Å². The molecule has 1 unspecified atom stereocenters. The van der Waals surface area contributed by atoms with Gasteiger partial charge >= 0.3 is 0 Å². The number of anilines is 1. The number of nitrogens with one attached hydrogen (secondary N) is 2. The molecular formula is C13H20N2O2. The number of hydrogen-bond donors (Lipinski definition) is 2. The maximum atomic E-state index is 10.8. The minimum atomic E-state index is -0.0682. The van der Waals surface area contributed by atoms with Crippen LogP contribution in [-0.2, 0) is 4.79 Å². The standard InChI is InChI=1S/C13H20N2O2/c1-10(8-14-3)9-17-13-6-4-12(5-7-13)15-11(2)16/h4-7,10,14H,8-9H2,1-3H3,(H,15,16). The van der Waals surface area contributed by atoms with Crippen LogP contribution < -0.4 is 15.4 Å². The zero-order valence-corrected chi connectivity index (χ0v) is 10.6. The van der Waals surface area contributed by atoms with Crippen molar-refractivity contribution in [1.29, 1.82) is 0 Å². The molecule has 0 aliphatic heterocycles. The Kier molecular flexibility index (Phi) is 5.49. The second kappa shape index (κ2) is 6.91. The van der Waals surface area contributed by atoms with E-state index in [9.17, 15) is 4.79 Å². The molecule has 0 radical (unpaired) electrons. The molecule has 1 rings (SSSR count). The number of amides is 1. The molecule has 1 aromatic rings. The second-order valence-corrected chi connectivity index (χ2v) is 4.18. The molecule has 0 saturated carbocycles. The van der Waals surface area contributed by atoms with Crippen LogP contribution in [0.25, 0.3) is 0 Å². The number of ether oxygens (including phenoxy) is 1. The van der Waals surface area contributed by atoms with Gasteiger partial charge in [0.1, 0.15) is 5.75 Å². The van der Waals surface area contributed by atoms with Gasteiger partial charge in [0.05, 0.1) is 6.61 Å². The molecule has 4 nitrogen and oxygen atoms in total. The van der Waals surface area contributed by atoms with Gasteiger partial charge in [0.25, 0.3) is 0 Å². The summed E-state index contributed by atoms with van der Waals surface area (Å²) >= 11 is 0. The largest absolute Gasteiger partial charge is 0.493 e. The van der Waals surface area contributed by atoms with Gasteiger partial charge in [0, 0.05) is 25.1 Å². The summed E-state index contributed by atoms with van der Waals surface area (Å²) in [4.78, 5) is 10.8. The number of benzene rings is 1. The molecule has 2 N–H and O–H groups in total. The first-order valence-corrected chi connectivity index (χ1v) is 5.77. The highest BCUT2D eigenvalue weighted by Gasteiger charge is 2.02. The smallest absolute Gasteiger partial charge is 0.221 e. The summed E-state index contributed by atoms with van der Waals surface area (Å²) in [7, 11) is 1.93.